The number of carbonyl (C=O) groups excluding carboxylic acids is 1. The van der Waals surface area contributed by atoms with E-state index >= 15 is 0 Å². The Kier molecular flexibility index (Phi) is 6.44. The van der Waals surface area contributed by atoms with Gasteiger partial charge < -0.3 is 19.3 Å². The van der Waals surface area contributed by atoms with Crippen LogP contribution in [0.3, 0.4) is 0 Å². The molecule has 3 fully saturated rings. The molecule has 6 heterocycles. The summed E-state index contributed by atoms with van der Waals surface area (Å²) in [6.45, 7) is 7.81. The van der Waals surface area contributed by atoms with Gasteiger partial charge in [0.25, 0.3) is 5.91 Å². The number of amides is 1. The van der Waals surface area contributed by atoms with Crippen molar-refractivity contribution < 1.29 is 14.3 Å². The molecule has 3 aliphatic rings. The lowest BCUT2D eigenvalue weighted by atomic mass is 10.1. The van der Waals surface area contributed by atoms with Crippen molar-refractivity contribution in [1.29, 1.82) is 0 Å². The molecule has 4 aromatic rings. The molecule has 0 spiro atoms. The van der Waals surface area contributed by atoms with Crippen LogP contribution in [0.1, 0.15) is 17.7 Å². The molecule has 1 unspecified atom stereocenters. The van der Waals surface area contributed by atoms with E-state index < -0.39 is 0 Å². The minimum Gasteiger partial charge on any atom is -0.378 e. The second-order valence-electron chi connectivity index (χ2n) is 10.1. The van der Waals surface area contributed by atoms with Crippen molar-refractivity contribution in [3.8, 4) is 11.4 Å². The van der Waals surface area contributed by atoms with Crippen molar-refractivity contribution in [3.63, 3.8) is 0 Å². The zero-order valence-corrected chi connectivity index (χ0v) is 22.1. The molecule has 1 aromatic carbocycles. The summed E-state index contributed by atoms with van der Waals surface area (Å²) in [6.07, 6.45) is 3.44. The Labute approximate surface area is 224 Å². The first-order valence-electron chi connectivity index (χ1n) is 13.4. The van der Waals surface area contributed by atoms with Gasteiger partial charge in [0.05, 0.1) is 35.1 Å². The number of hydrogen-bond donors (Lipinski definition) is 1. The predicted molar refractivity (Wildman–Crippen MR) is 146 cm³/mol. The number of fused-ring (bicyclic) bond motifs is 2. The van der Waals surface area contributed by atoms with Crippen molar-refractivity contribution >= 4 is 44.2 Å². The molecule has 0 bridgehead atoms. The minimum absolute atomic E-state index is 0.162. The lowest BCUT2D eigenvalue weighted by Crippen LogP contribution is -2.50. The number of nitrogens with one attached hydrogen (secondary N) is 1. The number of ether oxygens (including phenoxy) is 2. The molecule has 3 aromatic heterocycles. The zero-order valence-electron chi connectivity index (χ0n) is 21.3. The third-order valence-electron chi connectivity index (χ3n) is 7.71. The highest BCUT2D eigenvalue weighted by molar-refractivity contribution is 7.19. The van der Waals surface area contributed by atoms with Crippen LogP contribution in [0.15, 0.2) is 30.5 Å². The Morgan fingerprint density at radius 1 is 1.08 bits per heavy atom. The molecule has 1 atom stereocenters. The van der Waals surface area contributed by atoms with Gasteiger partial charge in [-0.05, 0) is 25.0 Å². The van der Waals surface area contributed by atoms with Gasteiger partial charge in [-0.25, -0.2) is 9.97 Å². The van der Waals surface area contributed by atoms with E-state index in [4.69, 9.17) is 19.4 Å². The largest absolute Gasteiger partial charge is 0.378 e. The van der Waals surface area contributed by atoms with Gasteiger partial charge in [0.1, 0.15) is 6.10 Å². The van der Waals surface area contributed by atoms with Crippen LogP contribution in [0.5, 0.6) is 0 Å². The number of H-pyrrole nitrogens is 1. The van der Waals surface area contributed by atoms with Crippen LogP contribution >= 0.6 is 11.3 Å². The average molecular weight is 534 g/mol. The lowest BCUT2D eigenvalue weighted by molar-refractivity contribution is -0.142. The van der Waals surface area contributed by atoms with Crippen LogP contribution in [0.2, 0.25) is 0 Å². The van der Waals surface area contributed by atoms with E-state index in [0.29, 0.717) is 19.8 Å². The van der Waals surface area contributed by atoms with Gasteiger partial charge in [0, 0.05) is 68.2 Å². The summed E-state index contributed by atoms with van der Waals surface area (Å²) in [7, 11) is 0. The summed E-state index contributed by atoms with van der Waals surface area (Å²) in [5.74, 6) is 1.86. The Bertz CT molecular complexity index is 1450. The third kappa shape index (κ3) is 4.53. The van der Waals surface area contributed by atoms with Crippen LogP contribution < -0.4 is 4.90 Å². The summed E-state index contributed by atoms with van der Waals surface area (Å²) >= 11 is 1.78. The fourth-order valence-electron chi connectivity index (χ4n) is 5.64. The molecule has 10 nitrogen and oxygen atoms in total. The van der Waals surface area contributed by atoms with Crippen LogP contribution in [-0.2, 0) is 20.8 Å². The zero-order chi connectivity index (χ0) is 25.5. The summed E-state index contributed by atoms with van der Waals surface area (Å²) < 4.78 is 12.4. The minimum atomic E-state index is -0.233. The highest BCUT2D eigenvalue weighted by Gasteiger charge is 2.30. The predicted octanol–water partition coefficient (Wildman–Crippen LogP) is 2.89. The number of hydrogen-bond acceptors (Lipinski definition) is 9. The molecule has 198 valence electrons. The van der Waals surface area contributed by atoms with E-state index in [1.807, 2.05) is 23.2 Å². The first kappa shape index (κ1) is 24.0. The quantitative estimate of drug-likeness (QED) is 0.418. The van der Waals surface area contributed by atoms with Gasteiger partial charge >= 0.3 is 0 Å². The maximum Gasteiger partial charge on any atom is 0.251 e. The number of aromatic nitrogens is 4. The van der Waals surface area contributed by atoms with Crippen LogP contribution in [-0.4, -0.2) is 101 Å². The van der Waals surface area contributed by atoms with Gasteiger partial charge in [-0.15, -0.1) is 11.3 Å². The van der Waals surface area contributed by atoms with Crippen LogP contribution in [0.25, 0.3) is 32.5 Å². The maximum absolute atomic E-state index is 12.7. The molecule has 3 saturated heterocycles. The fraction of sp³-hybridized carbons (Fsp3) is 0.481. The summed E-state index contributed by atoms with van der Waals surface area (Å²) in [5.41, 5.74) is 2.93. The molecule has 38 heavy (non-hydrogen) atoms. The van der Waals surface area contributed by atoms with Crippen molar-refractivity contribution in [3.05, 3.63) is 35.3 Å². The normalized spacial score (nSPS) is 21.1. The van der Waals surface area contributed by atoms with Crippen molar-refractivity contribution in [1.82, 2.24) is 30.0 Å². The third-order valence-corrected chi connectivity index (χ3v) is 8.81. The molecule has 7 rings (SSSR count). The maximum atomic E-state index is 12.7. The van der Waals surface area contributed by atoms with Crippen LogP contribution in [0.4, 0.5) is 5.82 Å². The van der Waals surface area contributed by atoms with E-state index in [1.165, 1.54) is 4.88 Å². The first-order valence-corrected chi connectivity index (χ1v) is 14.2. The van der Waals surface area contributed by atoms with Crippen molar-refractivity contribution in [2.45, 2.75) is 25.5 Å². The van der Waals surface area contributed by atoms with Crippen LogP contribution in [0, 0.1) is 0 Å². The van der Waals surface area contributed by atoms with E-state index in [1.54, 1.807) is 11.3 Å². The number of aromatic amines is 1. The topological polar surface area (TPSA) is 99.7 Å². The summed E-state index contributed by atoms with van der Waals surface area (Å²) in [5, 5.41) is 8.30. The monoisotopic (exact) mass is 533 g/mol. The van der Waals surface area contributed by atoms with Gasteiger partial charge in [-0.2, -0.15) is 5.10 Å². The molecule has 3 aliphatic heterocycles. The SMILES string of the molecule is O=C(C1CCCO1)N1CCN(Cc2cc3nc(-c4cccc5[nH]ncc45)nc(N4CCOCC4)c3s2)CC1. The van der Waals surface area contributed by atoms with Gasteiger partial charge in [0.2, 0.25) is 0 Å². The number of nitrogens with zero attached hydrogens (tertiary/aromatic N) is 6. The second kappa shape index (κ2) is 10.2. The average Bonchev–Trinajstić information content (AvgIpc) is 3.74. The highest BCUT2D eigenvalue weighted by Crippen LogP contribution is 2.36. The smallest absolute Gasteiger partial charge is 0.251 e. The number of morpholine rings is 1. The number of rotatable bonds is 5. The van der Waals surface area contributed by atoms with E-state index in [0.717, 1.165) is 97.0 Å². The van der Waals surface area contributed by atoms with Crippen molar-refractivity contribution in [2.24, 2.45) is 0 Å². The van der Waals surface area contributed by atoms with Gasteiger partial charge in [-0.3, -0.25) is 14.8 Å². The molecule has 0 radical (unpaired) electrons. The van der Waals surface area contributed by atoms with E-state index in [9.17, 15) is 4.79 Å². The molecule has 1 N–H and O–H groups in total. The number of carbonyl (C=O) groups is 1. The Morgan fingerprint density at radius 3 is 2.76 bits per heavy atom. The molecule has 11 heteroatoms. The van der Waals surface area contributed by atoms with E-state index in [-0.39, 0.29) is 12.0 Å². The molecular formula is C27H31N7O3S. The molecule has 0 saturated carbocycles. The van der Waals surface area contributed by atoms with Crippen molar-refractivity contribution in [2.75, 3.05) is 64.0 Å². The Balaban J connectivity index is 1.16. The van der Waals surface area contributed by atoms with Gasteiger partial charge in [0.15, 0.2) is 11.6 Å². The number of anilines is 1. The summed E-state index contributed by atoms with van der Waals surface area (Å²) in [4.78, 5) is 30.9. The Morgan fingerprint density at radius 2 is 1.95 bits per heavy atom. The standard InChI is InChI=1S/C27H31N7O3S/c35-27(23-5-2-12-37-23)34-8-6-32(7-9-34)17-18-15-22-24(38-18)26(33-10-13-36-14-11-33)30-25(29-22)19-3-1-4-21-20(19)16-28-31-21/h1,3-4,15-16,23H,2,5-14,17H2,(H,28,31). The van der Waals surface area contributed by atoms with E-state index in [2.05, 4.69) is 32.1 Å². The Hall–Kier alpha value is -3.12. The second-order valence-corrected chi connectivity index (χ2v) is 11.3. The number of thiophene rings is 1. The highest BCUT2D eigenvalue weighted by atomic mass is 32.1. The lowest BCUT2D eigenvalue weighted by Gasteiger charge is -2.35. The first-order chi connectivity index (χ1) is 18.7. The molecule has 1 amide bonds. The number of benzene rings is 1. The molecule has 0 aliphatic carbocycles. The van der Waals surface area contributed by atoms with Gasteiger partial charge in [-0.1, -0.05) is 12.1 Å². The fourth-order valence-corrected chi connectivity index (χ4v) is 6.79. The number of piperazine rings is 1. The summed E-state index contributed by atoms with van der Waals surface area (Å²) in [6, 6.07) is 8.31. The molecular weight excluding hydrogens is 502 g/mol.